The third-order valence-electron chi connectivity index (χ3n) is 3.22. The minimum Gasteiger partial charge on any atom is -0.462 e. The van der Waals surface area contributed by atoms with Crippen molar-refractivity contribution in [2.45, 2.75) is 26.2 Å². The molecule has 0 heterocycles. The first kappa shape index (κ1) is 16.0. The standard InChI is InChI=1S/C19H21NO2/c1-2-9-17(20-18-12-7-4-8-13-18)14-15-22-19(21)16-10-5-3-6-11-16/h3-8,10-13H,2,9,14-15H2,1H3. The summed E-state index contributed by atoms with van der Waals surface area (Å²) >= 11 is 0. The van der Waals surface area contributed by atoms with Crippen LogP contribution in [0.4, 0.5) is 5.69 Å². The molecule has 0 spiro atoms. The van der Waals surface area contributed by atoms with Gasteiger partial charge < -0.3 is 4.74 Å². The number of esters is 1. The van der Waals surface area contributed by atoms with Crippen LogP contribution in [0.5, 0.6) is 0 Å². The molecule has 0 aliphatic rings. The van der Waals surface area contributed by atoms with E-state index < -0.39 is 0 Å². The molecule has 3 nitrogen and oxygen atoms in total. The minimum atomic E-state index is -0.281. The maximum atomic E-state index is 11.9. The maximum Gasteiger partial charge on any atom is 0.338 e. The summed E-state index contributed by atoms with van der Waals surface area (Å²) in [6, 6.07) is 18.9. The Bertz CT molecular complexity index is 606. The second kappa shape index (κ2) is 8.78. The summed E-state index contributed by atoms with van der Waals surface area (Å²) in [4.78, 5) is 16.5. The molecule has 0 aliphatic carbocycles. The first-order valence-electron chi connectivity index (χ1n) is 7.63. The van der Waals surface area contributed by atoms with E-state index in [9.17, 15) is 4.79 Å². The summed E-state index contributed by atoms with van der Waals surface area (Å²) in [5, 5.41) is 0. The van der Waals surface area contributed by atoms with Gasteiger partial charge in [0.25, 0.3) is 0 Å². The number of para-hydroxylation sites is 1. The molecule has 2 aromatic carbocycles. The number of carbonyl (C=O) groups is 1. The van der Waals surface area contributed by atoms with Crippen LogP contribution < -0.4 is 0 Å². The van der Waals surface area contributed by atoms with E-state index in [0.717, 1.165) is 24.2 Å². The van der Waals surface area contributed by atoms with Crippen molar-refractivity contribution < 1.29 is 9.53 Å². The Labute approximate surface area is 131 Å². The minimum absolute atomic E-state index is 0.281. The second-order valence-electron chi connectivity index (χ2n) is 5.02. The molecule has 0 N–H and O–H groups in total. The van der Waals surface area contributed by atoms with Crippen LogP contribution in [-0.2, 0) is 4.74 Å². The fourth-order valence-electron chi connectivity index (χ4n) is 2.13. The van der Waals surface area contributed by atoms with Gasteiger partial charge in [-0.25, -0.2) is 4.79 Å². The van der Waals surface area contributed by atoms with Crippen LogP contribution in [0.25, 0.3) is 0 Å². The highest BCUT2D eigenvalue weighted by Gasteiger charge is 2.07. The molecule has 0 saturated carbocycles. The first-order chi connectivity index (χ1) is 10.8. The van der Waals surface area contributed by atoms with Gasteiger partial charge in [0.15, 0.2) is 0 Å². The Kier molecular flexibility index (Phi) is 6.37. The molecule has 114 valence electrons. The SMILES string of the molecule is CCCC(CCOC(=O)c1ccccc1)=Nc1ccccc1. The third kappa shape index (κ3) is 5.17. The number of hydrogen-bond donors (Lipinski definition) is 0. The Morgan fingerprint density at radius 3 is 2.23 bits per heavy atom. The van der Waals surface area contributed by atoms with Gasteiger partial charge in [0.1, 0.15) is 0 Å². The van der Waals surface area contributed by atoms with E-state index in [1.54, 1.807) is 12.1 Å². The van der Waals surface area contributed by atoms with E-state index in [0.29, 0.717) is 18.6 Å². The largest absolute Gasteiger partial charge is 0.462 e. The second-order valence-corrected chi connectivity index (χ2v) is 5.02. The molecule has 22 heavy (non-hydrogen) atoms. The van der Waals surface area contributed by atoms with Crippen molar-refractivity contribution in [3.63, 3.8) is 0 Å². The van der Waals surface area contributed by atoms with Gasteiger partial charge in [0.2, 0.25) is 0 Å². The number of hydrogen-bond acceptors (Lipinski definition) is 3. The molecule has 2 aromatic rings. The van der Waals surface area contributed by atoms with Gasteiger partial charge in [-0.05, 0) is 30.7 Å². The highest BCUT2D eigenvalue weighted by Crippen LogP contribution is 2.13. The number of nitrogens with zero attached hydrogens (tertiary/aromatic N) is 1. The van der Waals surface area contributed by atoms with E-state index in [1.807, 2.05) is 48.5 Å². The fourth-order valence-corrected chi connectivity index (χ4v) is 2.13. The number of aliphatic imine (C=N–C) groups is 1. The van der Waals surface area contributed by atoms with Crippen molar-refractivity contribution in [2.75, 3.05) is 6.61 Å². The topological polar surface area (TPSA) is 38.7 Å². The maximum absolute atomic E-state index is 11.9. The summed E-state index contributed by atoms with van der Waals surface area (Å²) in [5.41, 5.74) is 2.59. The third-order valence-corrected chi connectivity index (χ3v) is 3.22. The molecule has 0 saturated heterocycles. The molecule has 2 rings (SSSR count). The Hall–Kier alpha value is -2.42. The Balaban J connectivity index is 1.90. The van der Waals surface area contributed by atoms with Gasteiger partial charge in [-0.2, -0.15) is 0 Å². The molecular weight excluding hydrogens is 274 g/mol. The van der Waals surface area contributed by atoms with Crippen molar-refractivity contribution in [1.29, 1.82) is 0 Å². The highest BCUT2D eigenvalue weighted by atomic mass is 16.5. The Morgan fingerprint density at radius 2 is 1.59 bits per heavy atom. The van der Waals surface area contributed by atoms with Gasteiger partial charge in [-0.1, -0.05) is 49.7 Å². The summed E-state index contributed by atoms with van der Waals surface area (Å²) in [6.07, 6.45) is 2.61. The quantitative estimate of drug-likeness (QED) is 0.543. The van der Waals surface area contributed by atoms with Crippen LogP contribution in [0.2, 0.25) is 0 Å². The monoisotopic (exact) mass is 295 g/mol. The lowest BCUT2D eigenvalue weighted by Crippen LogP contribution is -2.10. The lowest BCUT2D eigenvalue weighted by atomic mass is 10.1. The van der Waals surface area contributed by atoms with Crippen LogP contribution in [0.3, 0.4) is 0 Å². The number of ether oxygens (including phenoxy) is 1. The van der Waals surface area contributed by atoms with Crippen molar-refractivity contribution in [3.05, 3.63) is 66.2 Å². The zero-order chi connectivity index (χ0) is 15.6. The summed E-state index contributed by atoms with van der Waals surface area (Å²) < 4.78 is 5.32. The molecule has 0 bridgehead atoms. The normalized spacial score (nSPS) is 11.2. The number of rotatable bonds is 7. The molecule has 0 aliphatic heterocycles. The number of benzene rings is 2. The van der Waals surface area contributed by atoms with Crippen LogP contribution in [-0.4, -0.2) is 18.3 Å². The van der Waals surface area contributed by atoms with E-state index in [1.165, 1.54) is 0 Å². The van der Waals surface area contributed by atoms with Gasteiger partial charge in [-0.3, -0.25) is 4.99 Å². The number of carbonyl (C=O) groups excluding carboxylic acids is 1. The van der Waals surface area contributed by atoms with Gasteiger partial charge in [-0.15, -0.1) is 0 Å². The summed E-state index contributed by atoms with van der Waals surface area (Å²) in [6.45, 7) is 2.48. The molecular formula is C19H21NO2. The van der Waals surface area contributed by atoms with Gasteiger partial charge in [0, 0.05) is 12.1 Å². The van der Waals surface area contributed by atoms with E-state index in [-0.39, 0.29) is 5.97 Å². The van der Waals surface area contributed by atoms with Gasteiger partial charge in [0.05, 0.1) is 17.9 Å². The zero-order valence-corrected chi connectivity index (χ0v) is 12.9. The van der Waals surface area contributed by atoms with E-state index in [2.05, 4.69) is 11.9 Å². The van der Waals surface area contributed by atoms with Crippen LogP contribution >= 0.6 is 0 Å². The highest BCUT2D eigenvalue weighted by molar-refractivity contribution is 5.90. The lowest BCUT2D eigenvalue weighted by Gasteiger charge is -2.07. The average Bonchev–Trinajstić information content (AvgIpc) is 2.56. The molecule has 0 amide bonds. The van der Waals surface area contributed by atoms with E-state index in [4.69, 9.17) is 4.74 Å². The fraction of sp³-hybridized carbons (Fsp3) is 0.263. The van der Waals surface area contributed by atoms with E-state index >= 15 is 0 Å². The van der Waals surface area contributed by atoms with Crippen molar-refractivity contribution in [1.82, 2.24) is 0 Å². The molecule has 0 aromatic heterocycles. The predicted molar refractivity (Wildman–Crippen MR) is 89.8 cm³/mol. The molecule has 3 heteroatoms. The molecule has 0 unspecified atom stereocenters. The van der Waals surface area contributed by atoms with Crippen LogP contribution in [0, 0.1) is 0 Å². The van der Waals surface area contributed by atoms with Crippen molar-refractivity contribution in [2.24, 2.45) is 4.99 Å². The molecule has 0 radical (unpaired) electrons. The predicted octanol–water partition coefficient (Wildman–Crippen LogP) is 4.81. The lowest BCUT2D eigenvalue weighted by molar-refractivity contribution is 0.0515. The van der Waals surface area contributed by atoms with Crippen molar-refractivity contribution in [3.8, 4) is 0 Å². The molecule has 0 atom stereocenters. The van der Waals surface area contributed by atoms with Crippen molar-refractivity contribution >= 4 is 17.4 Å². The molecule has 0 fully saturated rings. The summed E-state index contributed by atoms with van der Waals surface area (Å²) in [5.74, 6) is -0.281. The van der Waals surface area contributed by atoms with Crippen LogP contribution in [0.1, 0.15) is 36.5 Å². The first-order valence-corrected chi connectivity index (χ1v) is 7.63. The van der Waals surface area contributed by atoms with Gasteiger partial charge >= 0.3 is 5.97 Å². The zero-order valence-electron chi connectivity index (χ0n) is 12.9. The average molecular weight is 295 g/mol. The smallest absolute Gasteiger partial charge is 0.338 e. The van der Waals surface area contributed by atoms with Crippen LogP contribution in [0.15, 0.2) is 65.7 Å². The summed E-state index contributed by atoms with van der Waals surface area (Å²) in [7, 11) is 0. The Morgan fingerprint density at radius 1 is 0.955 bits per heavy atom.